The van der Waals surface area contributed by atoms with Crippen molar-refractivity contribution >= 4 is 17.5 Å². The molecular formula is C10H11N3O. The highest BCUT2D eigenvalue weighted by Gasteiger charge is 2.05. The number of hydrogen-bond acceptors (Lipinski definition) is 3. The van der Waals surface area contributed by atoms with Gasteiger partial charge in [-0.3, -0.25) is 0 Å². The number of pyridine rings is 1. The van der Waals surface area contributed by atoms with Gasteiger partial charge in [0.25, 0.3) is 0 Å². The van der Waals surface area contributed by atoms with Crippen molar-refractivity contribution in [2.75, 3.05) is 0 Å². The number of aryl methyl sites for hydroxylation is 2. The molecule has 0 aliphatic rings. The molecule has 4 heteroatoms. The highest BCUT2D eigenvalue weighted by atomic mass is 16.1. The maximum absolute atomic E-state index is 10.3. The van der Waals surface area contributed by atoms with E-state index in [1.807, 2.05) is 24.6 Å². The number of carbonyl (C=O) groups excluding carboxylic acids is 1. The lowest BCUT2D eigenvalue weighted by Gasteiger charge is -1.96. The van der Waals surface area contributed by atoms with Gasteiger partial charge in [-0.25, -0.2) is 9.97 Å². The lowest BCUT2D eigenvalue weighted by Crippen LogP contribution is -1.93. The predicted molar refractivity (Wildman–Crippen MR) is 53.0 cm³/mol. The third-order valence-corrected chi connectivity index (χ3v) is 2.31. The fraction of sp³-hybridized carbons (Fsp3) is 0.300. The molecule has 0 N–H and O–H groups in total. The topological polar surface area (TPSA) is 47.8 Å². The van der Waals surface area contributed by atoms with E-state index in [0.29, 0.717) is 6.42 Å². The summed E-state index contributed by atoms with van der Waals surface area (Å²) in [5.41, 5.74) is 2.62. The minimum absolute atomic E-state index is 0.401. The van der Waals surface area contributed by atoms with Gasteiger partial charge >= 0.3 is 0 Å². The molecule has 2 aromatic rings. The van der Waals surface area contributed by atoms with E-state index in [-0.39, 0.29) is 0 Å². The summed E-state index contributed by atoms with van der Waals surface area (Å²) in [6.45, 7) is 1.93. The van der Waals surface area contributed by atoms with Gasteiger partial charge in [0.1, 0.15) is 17.6 Å². The summed E-state index contributed by atoms with van der Waals surface area (Å²) in [4.78, 5) is 18.9. The Balaban J connectivity index is 2.61. The number of carbonyl (C=O) groups is 1. The minimum Gasteiger partial charge on any atom is -0.316 e. The maximum atomic E-state index is 10.3. The first kappa shape index (κ1) is 8.87. The summed E-state index contributed by atoms with van der Waals surface area (Å²) in [5.74, 6) is 0.927. The second-order valence-electron chi connectivity index (χ2n) is 3.28. The summed E-state index contributed by atoms with van der Waals surface area (Å²) in [6.07, 6.45) is 3.00. The van der Waals surface area contributed by atoms with Gasteiger partial charge in [-0.2, -0.15) is 0 Å². The van der Waals surface area contributed by atoms with Crippen LogP contribution in [-0.4, -0.2) is 20.8 Å². The Hall–Kier alpha value is -1.71. The van der Waals surface area contributed by atoms with Crippen LogP contribution in [0, 0.1) is 6.92 Å². The van der Waals surface area contributed by atoms with Crippen molar-refractivity contribution in [3.8, 4) is 0 Å². The van der Waals surface area contributed by atoms with E-state index in [1.165, 1.54) is 0 Å². The standard InChI is InChI=1S/C10H11N3O/c1-7-12-9-5-8(3-4-14)6-11-10(9)13(7)2/h4-6H,3H2,1-2H3. The Kier molecular flexibility index (Phi) is 2.04. The van der Waals surface area contributed by atoms with Gasteiger partial charge < -0.3 is 9.36 Å². The second kappa shape index (κ2) is 3.21. The van der Waals surface area contributed by atoms with E-state index < -0.39 is 0 Å². The molecule has 0 unspecified atom stereocenters. The van der Waals surface area contributed by atoms with Crippen LogP contribution in [0.3, 0.4) is 0 Å². The molecule has 2 aromatic heterocycles. The highest BCUT2D eigenvalue weighted by Crippen LogP contribution is 2.13. The molecule has 0 bridgehead atoms. The summed E-state index contributed by atoms with van der Waals surface area (Å²) >= 11 is 0. The molecule has 2 rings (SSSR count). The molecule has 0 aliphatic carbocycles. The third-order valence-electron chi connectivity index (χ3n) is 2.31. The zero-order valence-corrected chi connectivity index (χ0v) is 8.19. The summed E-state index contributed by atoms with van der Waals surface area (Å²) in [5, 5.41) is 0. The largest absolute Gasteiger partial charge is 0.316 e. The summed E-state index contributed by atoms with van der Waals surface area (Å²) in [6, 6.07) is 1.91. The lowest BCUT2D eigenvalue weighted by atomic mass is 10.2. The zero-order chi connectivity index (χ0) is 10.1. The van der Waals surface area contributed by atoms with E-state index in [4.69, 9.17) is 0 Å². The second-order valence-corrected chi connectivity index (χ2v) is 3.28. The Morgan fingerprint density at radius 3 is 3.07 bits per heavy atom. The number of nitrogens with zero attached hydrogens (tertiary/aromatic N) is 3. The number of aromatic nitrogens is 3. The fourth-order valence-corrected chi connectivity index (χ4v) is 1.44. The van der Waals surface area contributed by atoms with E-state index in [1.54, 1.807) is 6.20 Å². The maximum Gasteiger partial charge on any atom is 0.159 e. The number of fused-ring (bicyclic) bond motifs is 1. The van der Waals surface area contributed by atoms with Gasteiger partial charge in [-0.05, 0) is 18.6 Å². The molecule has 72 valence electrons. The number of hydrogen-bond donors (Lipinski definition) is 0. The van der Waals surface area contributed by atoms with Gasteiger partial charge in [0, 0.05) is 19.7 Å². The van der Waals surface area contributed by atoms with Crippen molar-refractivity contribution in [3.05, 3.63) is 23.7 Å². The quantitative estimate of drug-likeness (QED) is 0.662. The summed E-state index contributed by atoms with van der Waals surface area (Å²) < 4.78 is 1.93. The summed E-state index contributed by atoms with van der Waals surface area (Å²) in [7, 11) is 1.93. The molecule has 2 heterocycles. The van der Waals surface area contributed by atoms with Crippen LogP contribution in [-0.2, 0) is 18.3 Å². The van der Waals surface area contributed by atoms with Crippen molar-refractivity contribution in [2.24, 2.45) is 7.05 Å². The lowest BCUT2D eigenvalue weighted by molar-refractivity contribution is -0.107. The zero-order valence-electron chi connectivity index (χ0n) is 8.19. The van der Waals surface area contributed by atoms with Crippen LogP contribution in [0.2, 0.25) is 0 Å². The first-order valence-corrected chi connectivity index (χ1v) is 4.44. The van der Waals surface area contributed by atoms with E-state index in [9.17, 15) is 4.79 Å². The average Bonchev–Trinajstić information content (AvgIpc) is 2.43. The van der Waals surface area contributed by atoms with Crippen LogP contribution in [0.5, 0.6) is 0 Å². The van der Waals surface area contributed by atoms with E-state index in [0.717, 1.165) is 28.8 Å². The van der Waals surface area contributed by atoms with Crippen LogP contribution in [0.1, 0.15) is 11.4 Å². The third kappa shape index (κ3) is 1.28. The molecule has 0 aliphatic heterocycles. The molecule has 0 saturated carbocycles. The van der Waals surface area contributed by atoms with Crippen LogP contribution in [0.15, 0.2) is 12.3 Å². The fourth-order valence-electron chi connectivity index (χ4n) is 1.44. The molecule has 14 heavy (non-hydrogen) atoms. The van der Waals surface area contributed by atoms with Crippen molar-refractivity contribution in [3.63, 3.8) is 0 Å². The Morgan fingerprint density at radius 1 is 1.57 bits per heavy atom. The molecule has 0 atom stereocenters. The van der Waals surface area contributed by atoms with Crippen LogP contribution in [0.4, 0.5) is 0 Å². The first-order valence-electron chi connectivity index (χ1n) is 4.44. The molecule has 0 fully saturated rings. The molecule has 0 saturated heterocycles. The van der Waals surface area contributed by atoms with E-state index in [2.05, 4.69) is 9.97 Å². The predicted octanol–water partition coefficient (Wildman–Crippen LogP) is 1.02. The van der Waals surface area contributed by atoms with Gasteiger partial charge in [0.05, 0.1) is 0 Å². The normalized spacial score (nSPS) is 10.7. The van der Waals surface area contributed by atoms with Gasteiger partial charge in [-0.15, -0.1) is 0 Å². The molecule has 0 radical (unpaired) electrons. The molecular weight excluding hydrogens is 178 g/mol. The smallest absolute Gasteiger partial charge is 0.159 e. The molecule has 0 amide bonds. The van der Waals surface area contributed by atoms with Crippen molar-refractivity contribution in [1.29, 1.82) is 0 Å². The van der Waals surface area contributed by atoms with Crippen LogP contribution in [0.25, 0.3) is 11.2 Å². The highest BCUT2D eigenvalue weighted by molar-refractivity contribution is 5.73. The van der Waals surface area contributed by atoms with Gasteiger partial charge in [-0.1, -0.05) is 0 Å². The number of rotatable bonds is 2. The van der Waals surface area contributed by atoms with Crippen LogP contribution < -0.4 is 0 Å². The molecule has 4 nitrogen and oxygen atoms in total. The monoisotopic (exact) mass is 189 g/mol. The van der Waals surface area contributed by atoms with E-state index >= 15 is 0 Å². The van der Waals surface area contributed by atoms with Gasteiger partial charge in [0.15, 0.2) is 5.65 Å². The Morgan fingerprint density at radius 2 is 2.36 bits per heavy atom. The van der Waals surface area contributed by atoms with Crippen molar-refractivity contribution < 1.29 is 4.79 Å². The SMILES string of the molecule is Cc1nc2cc(CC=O)cnc2n1C. The first-order chi connectivity index (χ1) is 6.72. The van der Waals surface area contributed by atoms with Crippen molar-refractivity contribution in [1.82, 2.24) is 14.5 Å². The Labute approximate surface area is 81.6 Å². The number of imidazole rings is 1. The molecule has 0 spiro atoms. The van der Waals surface area contributed by atoms with Crippen molar-refractivity contribution in [2.45, 2.75) is 13.3 Å². The average molecular weight is 189 g/mol. The Bertz CT molecular complexity index is 487. The van der Waals surface area contributed by atoms with Gasteiger partial charge in [0.2, 0.25) is 0 Å². The molecule has 0 aromatic carbocycles. The minimum atomic E-state index is 0.401. The number of aldehydes is 1. The van der Waals surface area contributed by atoms with Crippen LogP contribution >= 0.6 is 0 Å².